The zero-order valence-electron chi connectivity index (χ0n) is 16.3. The van der Waals surface area contributed by atoms with E-state index in [1.165, 1.54) is 5.56 Å². The quantitative estimate of drug-likeness (QED) is 0.534. The smallest absolute Gasteiger partial charge is 0.191 e. The molecule has 6 heteroatoms. The van der Waals surface area contributed by atoms with Crippen LogP contribution in [-0.4, -0.2) is 35.4 Å². The summed E-state index contributed by atoms with van der Waals surface area (Å²) in [7, 11) is 0. The molecule has 6 nitrogen and oxygen atoms in total. The van der Waals surface area contributed by atoms with Crippen LogP contribution in [0.5, 0.6) is 5.75 Å². The number of aromatic nitrogens is 2. The first-order valence-electron chi connectivity index (χ1n) is 9.33. The highest BCUT2D eigenvalue weighted by Crippen LogP contribution is 2.18. The number of aliphatic imine (C=N–C) groups is 1. The number of rotatable bonds is 9. The first-order chi connectivity index (χ1) is 12.6. The monoisotopic (exact) mass is 357 g/mol. The summed E-state index contributed by atoms with van der Waals surface area (Å²) in [5.74, 6) is 2.25. The molecule has 2 N–H and O–H groups in total. The summed E-state index contributed by atoms with van der Waals surface area (Å²) >= 11 is 0. The van der Waals surface area contributed by atoms with Crippen LogP contribution in [0, 0.1) is 5.92 Å². The van der Waals surface area contributed by atoms with Crippen LogP contribution in [0.25, 0.3) is 0 Å². The molecule has 142 valence electrons. The van der Waals surface area contributed by atoms with Crippen LogP contribution in [-0.2, 0) is 6.54 Å². The van der Waals surface area contributed by atoms with Gasteiger partial charge < -0.3 is 15.4 Å². The maximum absolute atomic E-state index is 5.75. The Labute approximate surface area is 156 Å². The summed E-state index contributed by atoms with van der Waals surface area (Å²) in [6.07, 6.45) is 3.73. The van der Waals surface area contributed by atoms with Crippen molar-refractivity contribution in [2.45, 2.75) is 40.3 Å². The Morgan fingerprint density at radius 3 is 2.62 bits per heavy atom. The van der Waals surface area contributed by atoms with Crippen LogP contribution < -0.4 is 15.4 Å². The van der Waals surface area contributed by atoms with E-state index >= 15 is 0 Å². The number of benzene rings is 1. The largest absolute Gasteiger partial charge is 0.493 e. The molecule has 1 unspecified atom stereocenters. The maximum atomic E-state index is 5.75. The summed E-state index contributed by atoms with van der Waals surface area (Å²) in [6, 6.07) is 10.3. The van der Waals surface area contributed by atoms with E-state index in [0.29, 0.717) is 12.5 Å². The van der Waals surface area contributed by atoms with Gasteiger partial charge >= 0.3 is 0 Å². The summed E-state index contributed by atoms with van der Waals surface area (Å²) in [5.41, 5.74) is 1.19. The van der Waals surface area contributed by atoms with Crippen molar-refractivity contribution in [1.82, 2.24) is 20.4 Å². The number of hydrogen-bond donors (Lipinski definition) is 2. The molecule has 0 amide bonds. The molecule has 0 saturated carbocycles. The van der Waals surface area contributed by atoms with E-state index in [0.717, 1.165) is 31.4 Å². The molecular weight excluding hydrogens is 326 g/mol. The van der Waals surface area contributed by atoms with E-state index < -0.39 is 0 Å². The zero-order chi connectivity index (χ0) is 18.8. The minimum atomic E-state index is 0.150. The normalized spacial score (nSPS) is 12.9. The second kappa shape index (κ2) is 10.5. The molecule has 0 radical (unpaired) electrons. The van der Waals surface area contributed by atoms with Gasteiger partial charge in [0.2, 0.25) is 0 Å². The Hall–Kier alpha value is -2.50. The van der Waals surface area contributed by atoms with Gasteiger partial charge in [-0.15, -0.1) is 0 Å². The lowest BCUT2D eigenvalue weighted by molar-refractivity contribution is 0.271. The van der Waals surface area contributed by atoms with Gasteiger partial charge in [0.25, 0.3) is 0 Å². The van der Waals surface area contributed by atoms with Crippen LogP contribution in [0.3, 0.4) is 0 Å². The molecule has 2 rings (SSSR count). The molecule has 0 saturated heterocycles. The predicted octanol–water partition coefficient (Wildman–Crippen LogP) is 3.23. The summed E-state index contributed by atoms with van der Waals surface area (Å²) in [6.45, 7) is 11.5. The van der Waals surface area contributed by atoms with Crippen molar-refractivity contribution >= 4 is 5.96 Å². The van der Waals surface area contributed by atoms with Crippen molar-refractivity contribution in [3.8, 4) is 5.75 Å². The molecule has 26 heavy (non-hydrogen) atoms. The van der Waals surface area contributed by atoms with E-state index in [2.05, 4.69) is 60.6 Å². The summed E-state index contributed by atoms with van der Waals surface area (Å²) in [5, 5.41) is 10.9. The van der Waals surface area contributed by atoms with Crippen LogP contribution in [0.15, 0.2) is 47.7 Å². The van der Waals surface area contributed by atoms with Gasteiger partial charge in [0.15, 0.2) is 5.96 Å². The molecular formula is C20H31N5O. The maximum Gasteiger partial charge on any atom is 0.191 e. The minimum absolute atomic E-state index is 0.150. The molecule has 0 aliphatic heterocycles. The summed E-state index contributed by atoms with van der Waals surface area (Å²) < 4.78 is 7.63. The molecule has 2 aromatic rings. The van der Waals surface area contributed by atoms with Gasteiger partial charge in [-0.3, -0.25) is 9.67 Å². The fourth-order valence-corrected chi connectivity index (χ4v) is 2.42. The van der Waals surface area contributed by atoms with E-state index in [-0.39, 0.29) is 6.04 Å². The number of ether oxygens (including phenoxy) is 1. The molecule has 1 atom stereocenters. The van der Waals surface area contributed by atoms with Gasteiger partial charge in [0.05, 0.1) is 25.7 Å². The van der Waals surface area contributed by atoms with Crippen molar-refractivity contribution < 1.29 is 4.74 Å². The Kier molecular flexibility index (Phi) is 7.99. The average molecular weight is 358 g/mol. The number of nitrogens with one attached hydrogen (secondary N) is 2. The minimum Gasteiger partial charge on any atom is -0.493 e. The van der Waals surface area contributed by atoms with Crippen molar-refractivity contribution in [2.24, 2.45) is 10.9 Å². The van der Waals surface area contributed by atoms with E-state index in [4.69, 9.17) is 4.74 Å². The van der Waals surface area contributed by atoms with Gasteiger partial charge in [-0.2, -0.15) is 5.10 Å². The summed E-state index contributed by atoms with van der Waals surface area (Å²) in [4.78, 5) is 4.63. The molecule has 0 aliphatic rings. The molecule has 1 aromatic heterocycles. The zero-order valence-corrected chi connectivity index (χ0v) is 16.3. The van der Waals surface area contributed by atoms with Crippen molar-refractivity contribution in [3.63, 3.8) is 0 Å². The Morgan fingerprint density at radius 2 is 2.00 bits per heavy atom. The molecule has 0 fully saturated rings. The first-order valence-corrected chi connectivity index (χ1v) is 9.33. The first kappa shape index (κ1) is 19.8. The standard InChI is InChI=1S/C20H31N5O/c1-5-21-20(22-12-14-25-13-6-11-23-25)24-17(4)18-7-9-19(10-8-18)26-15-16(2)3/h6-11,13,16-17H,5,12,14-15H2,1-4H3,(H2,21,22,24). The fraction of sp³-hybridized carbons (Fsp3) is 0.500. The van der Waals surface area contributed by atoms with Crippen LogP contribution >= 0.6 is 0 Å². The molecule has 0 bridgehead atoms. The number of hydrogen-bond acceptors (Lipinski definition) is 3. The SMILES string of the molecule is CCNC(=NCCn1cccn1)NC(C)c1ccc(OCC(C)C)cc1. The Bertz CT molecular complexity index is 649. The lowest BCUT2D eigenvalue weighted by atomic mass is 10.1. The van der Waals surface area contributed by atoms with Crippen molar-refractivity contribution in [3.05, 3.63) is 48.3 Å². The third kappa shape index (κ3) is 6.78. The topological polar surface area (TPSA) is 63.5 Å². The molecule has 0 spiro atoms. The number of guanidine groups is 1. The van der Waals surface area contributed by atoms with Gasteiger partial charge in [-0.1, -0.05) is 26.0 Å². The molecule has 1 aromatic carbocycles. The lowest BCUT2D eigenvalue weighted by Gasteiger charge is -2.18. The fourth-order valence-electron chi connectivity index (χ4n) is 2.42. The highest BCUT2D eigenvalue weighted by Gasteiger charge is 2.08. The Balaban J connectivity index is 1.90. The second-order valence-corrected chi connectivity index (χ2v) is 6.67. The van der Waals surface area contributed by atoms with Gasteiger partial charge in [-0.25, -0.2) is 0 Å². The lowest BCUT2D eigenvalue weighted by Crippen LogP contribution is -2.39. The van der Waals surface area contributed by atoms with Crippen LogP contribution in [0.1, 0.15) is 39.3 Å². The van der Waals surface area contributed by atoms with Crippen LogP contribution in [0.4, 0.5) is 0 Å². The van der Waals surface area contributed by atoms with Crippen molar-refractivity contribution in [2.75, 3.05) is 19.7 Å². The third-order valence-corrected chi connectivity index (χ3v) is 3.82. The highest BCUT2D eigenvalue weighted by molar-refractivity contribution is 5.80. The Morgan fingerprint density at radius 1 is 1.23 bits per heavy atom. The van der Waals surface area contributed by atoms with Gasteiger partial charge in [0.1, 0.15) is 5.75 Å². The molecule has 1 heterocycles. The number of nitrogens with zero attached hydrogens (tertiary/aromatic N) is 3. The van der Waals surface area contributed by atoms with Crippen LogP contribution in [0.2, 0.25) is 0 Å². The van der Waals surface area contributed by atoms with Crippen molar-refractivity contribution in [1.29, 1.82) is 0 Å². The second-order valence-electron chi connectivity index (χ2n) is 6.67. The van der Waals surface area contributed by atoms with E-state index in [9.17, 15) is 0 Å². The van der Waals surface area contributed by atoms with Gasteiger partial charge in [0, 0.05) is 18.9 Å². The predicted molar refractivity (Wildman–Crippen MR) is 107 cm³/mol. The third-order valence-electron chi connectivity index (χ3n) is 3.82. The van der Waals surface area contributed by atoms with Gasteiger partial charge in [-0.05, 0) is 43.5 Å². The highest BCUT2D eigenvalue weighted by atomic mass is 16.5. The van der Waals surface area contributed by atoms with E-state index in [1.807, 2.05) is 29.1 Å². The van der Waals surface area contributed by atoms with E-state index in [1.54, 1.807) is 6.20 Å². The molecule has 0 aliphatic carbocycles. The average Bonchev–Trinajstić information content (AvgIpc) is 3.14.